The molecule has 0 unspecified atom stereocenters. The largest absolute Gasteiger partial charge is 0.573 e. The van der Waals surface area contributed by atoms with E-state index in [0.717, 1.165) is 31.2 Å². The van der Waals surface area contributed by atoms with Crippen molar-refractivity contribution in [1.82, 2.24) is 10.4 Å². The van der Waals surface area contributed by atoms with Gasteiger partial charge in [-0.2, -0.15) is 0 Å². The highest BCUT2D eigenvalue weighted by atomic mass is 19.4. The number of aromatic amines is 1. The SMILES string of the molecule is O=C(CCNc1[nH][n+](=O)c2cc(OC(F)(F)F)ccc2[n+]1O)O[C@H]1CCNC1. The van der Waals surface area contributed by atoms with Crippen molar-refractivity contribution >= 4 is 23.0 Å². The van der Waals surface area contributed by atoms with E-state index in [1.165, 1.54) is 0 Å². The zero-order valence-electron chi connectivity index (χ0n) is 14.5. The molecule has 1 saturated heterocycles. The number of H-pyrrole nitrogens is 1. The van der Waals surface area contributed by atoms with E-state index in [-0.39, 0.29) is 40.6 Å². The number of nitrogens with one attached hydrogen (secondary N) is 3. The number of anilines is 1. The summed E-state index contributed by atoms with van der Waals surface area (Å²) < 4.78 is 46.6. The fraction of sp³-hybridized carbons (Fsp3) is 0.467. The maximum Gasteiger partial charge on any atom is 0.573 e. The number of hydrogen-bond acceptors (Lipinski definition) is 7. The Morgan fingerprint density at radius 3 is 2.82 bits per heavy atom. The number of halogens is 3. The molecule has 1 aromatic heterocycles. The third kappa shape index (κ3) is 4.79. The molecule has 4 N–H and O–H groups in total. The van der Waals surface area contributed by atoms with Gasteiger partial charge in [-0.05, 0) is 29.8 Å². The van der Waals surface area contributed by atoms with Gasteiger partial charge in [-0.25, -0.2) is 0 Å². The Labute approximate surface area is 155 Å². The molecule has 0 amide bonds. The summed E-state index contributed by atoms with van der Waals surface area (Å²) in [4.78, 5) is 23.8. The summed E-state index contributed by atoms with van der Waals surface area (Å²) in [6.45, 7) is 1.44. The summed E-state index contributed by atoms with van der Waals surface area (Å²) in [6.07, 6.45) is -4.35. The Morgan fingerprint density at radius 2 is 2.14 bits per heavy atom. The number of fused-ring (bicyclic) bond motifs is 1. The maximum atomic E-state index is 12.3. The molecule has 28 heavy (non-hydrogen) atoms. The maximum absolute atomic E-state index is 12.3. The first-order valence-electron chi connectivity index (χ1n) is 8.36. The topological polar surface area (TPSA) is 122 Å². The van der Waals surface area contributed by atoms with E-state index in [1.54, 1.807) is 0 Å². The molecule has 0 saturated carbocycles. The minimum absolute atomic E-state index is 0.0143. The molecule has 0 bridgehead atoms. The second-order valence-electron chi connectivity index (χ2n) is 6.05. The number of esters is 1. The summed E-state index contributed by atoms with van der Waals surface area (Å²) in [5.41, 5.74) is -0.367. The number of aromatic nitrogens is 3. The number of rotatable bonds is 6. The Hall–Kier alpha value is -3.09. The molecule has 152 valence electrons. The van der Waals surface area contributed by atoms with E-state index >= 15 is 0 Å². The molecular formula is C15H18F3N5O5+2. The fourth-order valence-electron chi connectivity index (χ4n) is 2.74. The van der Waals surface area contributed by atoms with E-state index in [4.69, 9.17) is 4.74 Å². The van der Waals surface area contributed by atoms with Crippen molar-refractivity contribution < 1.29 is 41.9 Å². The second-order valence-corrected chi connectivity index (χ2v) is 6.05. The molecule has 0 radical (unpaired) electrons. The lowest BCUT2D eigenvalue weighted by Gasteiger charge is -2.10. The summed E-state index contributed by atoms with van der Waals surface area (Å²) >= 11 is 0. The highest BCUT2D eigenvalue weighted by Gasteiger charge is 2.32. The van der Waals surface area contributed by atoms with Crippen LogP contribution in [0.15, 0.2) is 18.2 Å². The van der Waals surface area contributed by atoms with Crippen molar-refractivity contribution in [2.45, 2.75) is 25.3 Å². The van der Waals surface area contributed by atoms with Crippen molar-refractivity contribution in [3.63, 3.8) is 0 Å². The van der Waals surface area contributed by atoms with Gasteiger partial charge in [0.05, 0.1) is 23.9 Å². The van der Waals surface area contributed by atoms with Gasteiger partial charge in [0.25, 0.3) is 0 Å². The zero-order chi connectivity index (χ0) is 20.3. The van der Waals surface area contributed by atoms with E-state index in [1.807, 2.05) is 0 Å². The lowest BCUT2D eigenvalue weighted by atomic mass is 10.3. The third-order valence-electron chi connectivity index (χ3n) is 3.98. The first kappa shape index (κ1) is 19.7. The van der Waals surface area contributed by atoms with Crippen molar-refractivity contribution in [2.75, 3.05) is 25.0 Å². The van der Waals surface area contributed by atoms with Crippen LogP contribution in [0.3, 0.4) is 0 Å². The van der Waals surface area contributed by atoms with Crippen LogP contribution in [0.5, 0.6) is 5.75 Å². The van der Waals surface area contributed by atoms with E-state index < -0.39 is 18.1 Å². The Morgan fingerprint density at radius 1 is 1.36 bits per heavy atom. The summed E-state index contributed by atoms with van der Waals surface area (Å²) in [5.74, 6) is -1.21. The van der Waals surface area contributed by atoms with Gasteiger partial charge in [-0.1, -0.05) is 0 Å². The molecule has 2 heterocycles. The number of nitrogens with zero attached hydrogens (tertiary/aromatic N) is 2. The first-order valence-corrected chi connectivity index (χ1v) is 8.36. The number of alkyl halides is 3. The number of carbonyl (C=O) groups is 1. The Kier molecular flexibility index (Phi) is 5.53. The van der Waals surface area contributed by atoms with E-state index in [0.29, 0.717) is 11.3 Å². The zero-order valence-corrected chi connectivity index (χ0v) is 14.5. The predicted octanol–water partition coefficient (Wildman–Crippen LogP) is 0.213. The van der Waals surface area contributed by atoms with Crippen LogP contribution in [-0.4, -0.2) is 48.4 Å². The van der Waals surface area contributed by atoms with Crippen LogP contribution in [0.25, 0.3) is 11.0 Å². The second kappa shape index (κ2) is 7.88. The molecular weight excluding hydrogens is 387 g/mol. The van der Waals surface area contributed by atoms with Crippen LogP contribution in [0, 0.1) is 4.91 Å². The molecule has 0 spiro atoms. The molecule has 1 atom stereocenters. The van der Waals surface area contributed by atoms with Crippen molar-refractivity contribution in [1.29, 1.82) is 0 Å². The van der Waals surface area contributed by atoms with Crippen LogP contribution < -0.4 is 24.6 Å². The summed E-state index contributed by atoms with van der Waals surface area (Å²) in [6, 6.07) is 2.88. The molecule has 13 heteroatoms. The van der Waals surface area contributed by atoms with Crippen LogP contribution in [0.2, 0.25) is 0 Å². The summed E-state index contributed by atoms with van der Waals surface area (Å²) in [5, 5.41) is 18.1. The standard InChI is InChI=1S/C15H17F3N5O5/c16-15(17,18)28-9-1-2-11-12(7-9)23(26)21-14(22(11)25)20-6-4-13(24)27-10-3-5-19-8-10/h1-2,7,10,19,25H,3-6,8H2,(H,20,21,26)/q+1/p+1/t10-/m0/s1. The number of hydrogen-bond donors (Lipinski definition) is 4. The smallest absolute Gasteiger partial charge is 0.461 e. The molecule has 1 aliphatic rings. The van der Waals surface area contributed by atoms with Gasteiger partial charge in [0, 0.05) is 11.6 Å². The quantitative estimate of drug-likeness (QED) is 0.308. The van der Waals surface area contributed by atoms with Crippen LogP contribution in [0.1, 0.15) is 12.8 Å². The number of ether oxygens (including phenoxy) is 2. The minimum Gasteiger partial charge on any atom is -0.461 e. The minimum atomic E-state index is -4.91. The normalized spacial score (nSPS) is 16.9. The highest BCUT2D eigenvalue weighted by Crippen LogP contribution is 2.24. The van der Waals surface area contributed by atoms with Gasteiger partial charge < -0.3 is 20.0 Å². The average Bonchev–Trinajstić information content (AvgIpc) is 3.10. The van der Waals surface area contributed by atoms with Gasteiger partial charge in [-0.3, -0.25) is 10.1 Å². The third-order valence-corrected chi connectivity index (χ3v) is 3.98. The van der Waals surface area contributed by atoms with Crippen LogP contribution >= 0.6 is 0 Å². The van der Waals surface area contributed by atoms with Crippen molar-refractivity contribution in [2.24, 2.45) is 0 Å². The highest BCUT2D eigenvalue weighted by molar-refractivity contribution is 5.70. The van der Waals surface area contributed by atoms with Gasteiger partial charge in [-0.15, -0.1) is 13.2 Å². The number of carbonyl (C=O) groups excluding carboxylic acids is 1. The Balaban J connectivity index is 1.68. The monoisotopic (exact) mass is 405 g/mol. The van der Waals surface area contributed by atoms with Gasteiger partial charge in [0.1, 0.15) is 11.9 Å². The molecule has 10 nitrogen and oxygen atoms in total. The van der Waals surface area contributed by atoms with Crippen LogP contribution in [-0.2, 0) is 9.53 Å². The molecule has 0 aliphatic carbocycles. The first-order chi connectivity index (χ1) is 13.2. The van der Waals surface area contributed by atoms with Gasteiger partial charge in [0.2, 0.25) is 10.1 Å². The van der Waals surface area contributed by atoms with Crippen molar-refractivity contribution in [3.05, 3.63) is 23.1 Å². The van der Waals surface area contributed by atoms with Crippen LogP contribution in [0.4, 0.5) is 19.1 Å². The Bertz CT molecular complexity index is 927. The predicted molar refractivity (Wildman–Crippen MR) is 86.2 cm³/mol. The van der Waals surface area contributed by atoms with Gasteiger partial charge in [0.15, 0.2) is 0 Å². The lowest BCUT2D eigenvalue weighted by molar-refractivity contribution is -0.881. The van der Waals surface area contributed by atoms with Gasteiger partial charge >= 0.3 is 23.8 Å². The fourth-order valence-corrected chi connectivity index (χ4v) is 2.74. The molecule has 2 aromatic rings. The number of benzene rings is 1. The van der Waals surface area contributed by atoms with E-state index in [9.17, 15) is 28.1 Å². The lowest BCUT2D eigenvalue weighted by Crippen LogP contribution is -2.42. The molecule has 3 rings (SSSR count). The molecule has 1 fully saturated rings. The average molecular weight is 405 g/mol. The molecule has 1 aliphatic heterocycles. The van der Waals surface area contributed by atoms with E-state index in [2.05, 4.69) is 20.5 Å². The van der Waals surface area contributed by atoms with Crippen molar-refractivity contribution in [3.8, 4) is 5.75 Å². The molecule has 1 aromatic carbocycles. The summed E-state index contributed by atoms with van der Waals surface area (Å²) in [7, 11) is 0.